The van der Waals surface area contributed by atoms with Gasteiger partial charge in [0.25, 0.3) is 0 Å². The van der Waals surface area contributed by atoms with Crippen LogP contribution in [0, 0.1) is 5.92 Å². The van der Waals surface area contributed by atoms with Crippen LogP contribution < -0.4 is 0 Å². The lowest BCUT2D eigenvalue weighted by Crippen LogP contribution is -2.59. The van der Waals surface area contributed by atoms with Crippen LogP contribution in [0.1, 0.15) is 46.5 Å². The molecule has 0 bridgehead atoms. The molecule has 0 spiro atoms. The Hall–Kier alpha value is -1.39. The largest absolute Gasteiger partial charge is 0.333 e. The minimum atomic E-state index is -0.661. The molecule has 0 aromatic carbocycles. The van der Waals surface area contributed by atoms with Crippen LogP contribution in [0.5, 0.6) is 0 Å². The van der Waals surface area contributed by atoms with Gasteiger partial charge in [-0.25, -0.2) is 4.79 Å². The van der Waals surface area contributed by atoms with Crippen LogP contribution in [0.15, 0.2) is 0 Å². The Morgan fingerprint density at radius 2 is 1.28 bits per heavy atom. The summed E-state index contributed by atoms with van der Waals surface area (Å²) in [7, 11) is 0. The van der Waals surface area contributed by atoms with Gasteiger partial charge in [-0.1, -0.05) is 27.2 Å². The van der Waals surface area contributed by atoms with Gasteiger partial charge in [0.1, 0.15) is 5.92 Å². The lowest BCUT2D eigenvalue weighted by Gasteiger charge is -2.36. The summed E-state index contributed by atoms with van der Waals surface area (Å²) >= 11 is 0. The number of rotatable bonds is 6. The maximum atomic E-state index is 12.1. The molecular weight excluding hydrogens is 232 g/mol. The molecule has 0 radical (unpaired) electrons. The highest BCUT2D eigenvalue weighted by atomic mass is 16.2. The van der Waals surface area contributed by atoms with E-state index in [4.69, 9.17) is 0 Å². The quantitative estimate of drug-likeness (QED) is 0.681. The second-order valence-electron chi connectivity index (χ2n) is 4.60. The molecule has 1 saturated heterocycles. The summed E-state index contributed by atoms with van der Waals surface area (Å²) in [5.41, 5.74) is 0. The van der Waals surface area contributed by atoms with Crippen molar-refractivity contribution in [2.75, 3.05) is 13.1 Å². The predicted molar refractivity (Wildman–Crippen MR) is 67.8 cm³/mol. The van der Waals surface area contributed by atoms with Gasteiger partial charge in [0, 0.05) is 13.1 Å². The Bertz CT molecular complexity index is 271. The van der Waals surface area contributed by atoms with E-state index in [-0.39, 0.29) is 11.8 Å². The second-order valence-corrected chi connectivity index (χ2v) is 4.60. The monoisotopic (exact) mass is 254 g/mol. The van der Waals surface area contributed by atoms with E-state index in [1.807, 2.05) is 20.8 Å². The van der Waals surface area contributed by atoms with Crippen molar-refractivity contribution in [1.82, 2.24) is 9.80 Å². The fraction of sp³-hybridized carbons (Fsp3) is 0.769. The van der Waals surface area contributed by atoms with Crippen molar-refractivity contribution in [1.29, 1.82) is 0 Å². The van der Waals surface area contributed by atoms with E-state index in [1.165, 1.54) is 9.80 Å². The Morgan fingerprint density at radius 1 is 0.833 bits per heavy atom. The fourth-order valence-electron chi connectivity index (χ4n) is 2.21. The van der Waals surface area contributed by atoms with Crippen LogP contribution in [0.4, 0.5) is 4.79 Å². The molecule has 0 aliphatic carbocycles. The smallest absolute Gasteiger partial charge is 0.273 e. The van der Waals surface area contributed by atoms with Gasteiger partial charge in [-0.3, -0.25) is 19.4 Å². The molecule has 4 amide bonds. The third-order valence-corrected chi connectivity index (χ3v) is 3.06. The molecule has 0 atom stereocenters. The molecule has 0 aromatic heterocycles. The van der Waals surface area contributed by atoms with E-state index in [1.54, 1.807) is 0 Å². The van der Waals surface area contributed by atoms with E-state index >= 15 is 0 Å². The first kappa shape index (κ1) is 14.7. The van der Waals surface area contributed by atoms with Crippen LogP contribution in [0.25, 0.3) is 0 Å². The van der Waals surface area contributed by atoms with Crippen molar-refractivity contribution in [3.8, 4) is 0 Å². The number of amides is 4. The van der Waals surface area contributed by atoms with E-state index in [9.17, 15) is 14.4 Å². The zero-order valence-electron chi connectivity index (χ0n) is 11.4. The van der Waals surface area contributed by atoms with Gasteiger partial charge in [-0.05, 0) is 19.3 Å². The minimum Gasteiger partial charge on any atom is -0.273 e. The average molecular weight is 254 g/mol. The Morgan fingerprint density at radius 3 is 1.61 bits per heavy atom. The maximum absolute atomic E-state index is 12.1. The first-order valence-corrected chi connectivity index (χ1v) is 6.75. The molecule has 1 aliphatic rings. The van der Waals surface area contributed by atoms with Gasteiger partial charge in [-0.2, -0.15) is 0 Å². The third kappa shape index (κ3) is 2.71. The number of imide groups is 2. The predicted octanol–water partition coefficient (Wildman–Crippen LogP) is 2.01. The maximum Gasteiger partial charge on any atom is 0.333 e. The molecule has 18 heavy (non-hydrogen) atoms. The molecule has 5 heteroatoms. The van der Waals surface area contributed by atoms with Crippen molar-refractivity contribution in [3.63, 3.8) is 0 Å². The first-order chi connectivity index (χ1) is 8.58. The highest BCUT2D eigenvalue weighted by Crippen LogP contribution is 2.22. The van der Waals surface area contributed by atoms with Crippen LogP contribution in [0.2, 0.25) is 0 Å². The summed E-state index contributed by atoms with van der Waals surface area (Å²) in [4.78, 5) is 38.8. The highest BCUT2D eigenvalue weighted by molar-refractivity contribution is 6.16. The molecule has 0 N–H and O–H groups in total. The van der Waals surface area contributed by atoms with Crippen LogP contribution in [-0.2, 0) is 9.59 Å². The highest BCUT2D eigenvalue weighted by Gasteiger charge is 2.44. The summed E-state index contributed by atoms with van der Waals surface area (Å²) in [6.45, 7) is 6.55. The Labute approximate surface area is 108 Å². The summed E-state index contributed by atoms with van der Waals surface area (Å²) in [5, 5.41) is 0. The zero-order chi connectivity index (χ0) is 13.7. The Kier molecular flexibility index (Phi) is 5.31. The standard InChI is InChI=1S/C13H22N2O3/c1-4-7-10-11(16)14(8-5-2)13(18)15(9-6-3)12(10)17/h10H,4-9H2,1-3H3. The van der Waals surface area contributed by atoms with Crippen LogP contribution in [-0.4, -0.2) is 40.7 Å². The van der Waals surface area contributed by atoms with Gasteiger partial charge in [-0.15, -0.1) is 0 Å². The molecule has 5 nitrogen and oxygen atoms in total. The number of urea groups is 1. The zero-order valence-corrected chi connectivity index (χ0v) is 11.4. The van der Waals surface area contributed by atoms with Gasteiger partial charge in [0.05, 0.1) is 0 Å². The normalized spacial score (nSPS) is 17.8. The van der Waals surface area contributed by atoms with Crippen LogP contribution in [0.3, 0.4) is 0 Å². The SMILES string of the molecule is CCCC1C(=O)N(CCC)C(=O)N(CCC)C1=O. The number of carbonyl (C=O) groups excluding carboxylic acids is 3. The van der Waals surface area contributed by atoms with Gasteiger partial charge >= 0.3 is 6.03 Å². The third-order valence-electron chi connectivity index (χ3n) is 3.06. The number of nitrogens with zero attached hydrogens (tertiary/aromatic N) is 2. The topological polar surface area (TPSA) is 57.7 Å². The fourth-order valence-corrected chi connectivity index (χ4v) is 2.21. The van der Waals surface area contributed by atoms with Crippen molar-refractivity contribution < 1.29 is 14.4 Å². The number of hydrogen-bond donors (Lipinski definition) is 0. The van der Waals surface area contributed by atoms with Gasteiger partial charge < -0.3 is 0 Å². The molecule has 1 aliphatic heterocycles. The van der Waals surface area contributed by atoms with E-state index in [0.29, 0.717) is 32.4 Å². The minimum absolute atomic E-state index is 0.318. The molecule has 1 heterocycles. The summed E-state index contributed by atoms with van der Waals surface area (Å²) in [6, 6.07) is -0.443. The average Bonchev–Trinajstić information content (AvgIpc) is 2.35. The molecule has 0 aromatic rings. The molecule has 102 valence electrons. The number of carbonyl (C=O) groups is 3. The lowest BCUT2D eigenvalue weighted by molar-refractivity contribution is -0.149. The molecule has 0 saturated carbocycles. The summed E-state index contributed by atoms with van der Waals surface area (Å²) in [5.74, 6) is -1.30. The lowest BCUT2D eigenvalue weighted by atomic mass is 9.98. The van der Waals surface area contributed by atoms with Crippen molar-refractivity contribution in [2.45, 2.75) is 46.5 Å². The van der Waals surface area contributed by atoms with Crippen LogP contribution >= 0.6 is 0 Å². The summed E-state index contributed by atoms with van der Waals surface area (Å²) in [6.07, 6.45) is 2.70. The molecular formula is C13H22N2O3. The van der Waals surface area contributed by atoms with Crippen molar-refractivity contribution in [2.24, 2.45) is 5.92 Å². The van der Waals surface area contributed by atoms with Crippen molar-refractivity contribution in [3.05, 3.63) is 0 Å². The van der Waals surface area contributed by atoms with E-state index in [0.717, 1.165) is 6.42 Å². The molecule has 1 rings (SSSR count). The summed E-state index contributed by atoms with van der Waals surface area (Å²) < 4.78 is 0. The van der Waals surface area contributed by atoms with Gasteiger partial charge in [0.2, 0.25) is 11.8 Å². The molecule has 0 unspecified atom stereocenters. The van der Waals surface area contributed by atoms with Gasteiger partial charge in [0.15, 0.2) is 0 Å². The second kappa shape index (κ2) is 6.52. The van der Waals surface area contributed by atoms with E-state index in [2.05, 4.69) is 0 Å². The Balaban J connectivity index is 2.98. The number of barbiturate groups is 1. The van der Waals surface area contributed by atoms with Crippen molar-refractivity contribution >= 4 is 17.8 Å². The number of hydrogen-bond acceptors (Lipinski definition) is 3. The first-order valence-electron chi connectivity index (χ1n) is 6.75. The van der Waals surface area contributed by atoms with E-state index < -0.39 is 11.9 Å². The molecule has 1 fully saturated rings.